The number of carbonyl (C=O) groups is 1. The molecule has 0 bridgehead atoms. The smallest absolute Gasteiger partial charge is 0.331 e. The standard InChI is InChI=1S/C8H12O2.C2H6/c1-4-6(2)5-7(3)8(9)10;1-2/h4-5H,1-3H3,(H,9,10);1-2H3/b6-4-,7-5+;. The molecule has 0 aromatic heterocycles. The molecule has 12 heavy (non-hydrogen) atoms. The molecule has 0 atom stereocenters. The Morgan fingerprint density at radius 2 is 1.67 bits per heavy atom. The van der Waals surface area contributed by atoms with Crippen LogP contribution in [-0.2, 0) is 4.79 Å². The summed E-state index contributed by atoms with van der Waals surface area (Å²) in [6, 6.07) is 0. The van der Waals surface area contributed by atoms with Crippen LogP contribution in [0.15, 0.2) is 23.3 Å². The summed E-state index contributed by atoms with van der Waals surface area (Å²) >= 11 is 0. The van der Waals surface area contributed by atoms with Crippen LogP contribution in [0.1, 0.15) is 34.6 Å². The summed E-state index contributed by atoms with van der Waals surface area (Å²) in [5.41, 5.74) is 1.34. The van der Waals surface area contributed by atoms with Gasteiger partial charge in [0.15, 0.2) is 0 Å². The van der Waals surface area contributed by atoms with Crippen LogP contribution in [-0.4, -0.2) is 11.1 Å². The van der Waals surface area contributed by atoms with Crippen LogP contribution in [0.25, 0.3) is 0 Å². The van der Waals surface area contributed by atoms with Crippen LogP contribution < -0.4 is 0 Å². The Kier molecular flexibility index (Phi) is 9.08. The fraction of sp³-hybridized carbons (Fsp3) is 0.500. The normalized spacial score (nSPS) is 11.8. The predicted octanol–water partition coefficient (Wildman–Crippen LogP) is 3.01. The van der Waals surface area contributed by atoms with E-state index in [4.69, 9.17) is 5.11 Å². The molecule has 0 saturated carbocycles. The van der Waals surface area contributed by atoms with Gasteiger partial charge in [0.1, 0.15) is 0 Å². The van der Waals surface area contributed by atoms with E-state index in [0.29, 0.717) is 5.57 Å². The molecule has 0 fully saturated rings. The summed E-state index contributed by atoms with van der Waals surface area (Å²) in [5, 5.41) is 8.43. The lowest BCUT2D eigenvalue weighted by atomic mass is 10.2. The number of carboxylic acid groups (broad SMARTS) is 1. The molecule has 0 unspecified atom stereocenters. The van der Waals surface area contributed by atoms with Gasteiger partial charge in [0, 0.05) is 5.57 Å². The summed E-state index contributed by atoms with van der Waals surface area (Å²) in [4.78, 5) is 10.3. The monoisotopic (exact) mass is 170 g/mol. The second kappa shape index (κ2) is 8.05. The largest absolute Gasteiger partial charge is 0.478 e. The van der Waals surface area contributed by atoms with E-state index in [1.165, 1.54) is 0 Å². The van der Waals surface area contributed by atoms with Gasteiger partial charge in [-0.15, -0.1) is 0 Å². The van der Waals surface area contributed by atoms with Crippen LogP contribution in [0.2, 0.25) is 0 Å². The molecule has 1 N–H and O–H groups in total. The van der Waals surface area contributed by atoms with Gasteiger partial charge >= 0.3 is 5.97 Å². The molecule has 70 valence electrons. The number of rotatable bonds is 2. The number of allylic oxidation sites excluding steroid dienone is 3. The highest BCUT2D eigenvalue weighted by molar-refractivity contribution is 5.86. The van der Waals surface area contributed by atoms with Gasteiger partial charge in [0.25, 0.3) is 0 Å². The summed E-state index contributed by atoms with van der Waals surface area (Å²) in [6.07, 6.45) is 3.51. The number of carboxylic acids is 1. The maximum Gasteiger partial charge on any atom is 0.331 e. The molecule has 0 aliphatic carbocycles. The van der Waals surface area contributed by atoms with Crippen molar-refractivity contribution in [3.8, 4) is 0 Å². The molecule has 0 aromatic carbocycles. The Labute approximate surface area is 74.6 Å². The van der Waals surface area contributed by atoms with Gasteiger partial charge in [-0.2, -0.15) is 0 Å². The fourth-order valence-corrected chi connectivity index (χ4v) is 0.487. The van der Waals surface area contributed by atoms with E-state index in [2.05, 4.69) is 0 Å². The Bertz CT molecular complexity index is 188. The minimum absolute atomic E-state index is 0.371. The van der Waals surface area contributed by atoms with E-state index < -0.39 is 5.97 Å². The summed E-state index contributed by atoms with van der Waals surface area (Å²) in [5.74, 6) is -0.860. The van der Waals surface area contributed by atoms with Crippen LogP contribution >= 0.6 is 0 Å². The Balaban J connectivity index is 0. The molecular formula is C10H18O2. The van der Waals surface area contributed by atoms with Crippen LogP contribution in [0.5, 0.6) is 0 Å². The van der Waals surface area contributed by atoms with Gasteiger partial charge < -0.3 is 5.11 Å². The van der Waals surface area contributed by atoms with Gasteiger partial charge in [0.05, 0.1) is 0 Å². The number of hydrogen-bond acceptors (Lipinski definition) is 1. The molecule has 0 aromatic rings. The van der Waals surface area contributed by atoms with Crippen molar-refractivity contribution in [2.75, 3.05) is 0 Å². The zero-order valence-electron chi connectivity index (χ0n) is 8.51. The van der Waals surface area contributed by atoms with E-state index in [1.807, 2.05) is 33.8 Å². The van der Waals surface area contributed by atoms with E-state index in [1.54, 1.807) is 13.0 Å². The van der Waals surface area contributed by atoms with Crippen molar-refractivity contribution in [2.24, 2.45) is 0 Å². The molecule has 0 radical (unpaired) electrons. The molecule has 0 spiro atoms. The van der Waals surface area contributed by atoms with Gasteiger partial charge in [-0.3, -0.25) is 0 Å². The van der Waals surface area contributed by atoms with Gasteiger partial charge in [0.2, 0.25) is 0 Å². The lowest BCUT2D eigenvalue weighted by Crippen LogP contribution is -1.95. The Morgan fingerprint density at radius 1 is 1.25 bits per heavy atom. The molecule has 2 nitrogen and oxygen atoms in total. The first-order valence-electron chi connectivity index (χ1n) is 4.12. The molecule has 0 rings (SSSR count). The van der Waals surface area contributed by atoms with Crippen molar-refractivity contribution in [1.29, 1.82) is 0 Å². The molecule has 0 amide bonds. The third-order valence-corrected chi connectivity index (χ3v) is 1.24. The first-order valence-corrected chi connectivity index (χ1v) is 4.12. The van der Waals surface area contributed by atoms with Crippen molar-refractivity contribution >= 4 is 5.97 Å². The average Bonchev–Trinajstić information content (AvgIpc) is 2.07. The first kappa shape index (κ1) is 13.5. The second-order valence-electron chi connectivity index (χ2n) is 2.17. The minimum Gasteiger partial charge on any atom is -0.478 e. The first-order chi connectivity index (χ1) is 5.57. The van der Waals surface area contributed by atoms with E-state index >= 15 is 0 Å². The van der Waals surface area contributed by atoms with Crippen LogP contribution in [0.3, 0.4) is 0 Å². The highest BCUT2D eigenvalue weighted by Crippen LogP contribution is 2.00. The predicted molar refractivity (Wildman–Crippen MR) is 52.2 cm³/mol. The van der Waals surface area contributed by atoms with Crippen molar-refractivity contribution in [3.63, 3.8) is 0 Å². The zero-order chi connectivity index (χ0) is 10.1. The summed E-state index contributed by atoms with van der Waals surface area (Å²) in [7, 11) is 0. The maximum atomic E-state index is 10.3. The fourth-order valence-electron chi connectivity index (χ4n) is 0.487. The van der Waals surface area contributed by atoms with Crippen LogP contribution in [0.4, 0.5) is 0 Å². The van der Waals surface area contributed by atoms with Crippen LogP contribution in [0, 0.1) is 0 Å². The van der Waals surface area contributed by atoms with Gasteiger partial charge in [-0.25, -0.2) is 4.79 Å². The third-order valence-electron chi connectivity index (χ3n) is 1.24. The molecule has 0 heterocycles. The van der Waals surface area contributed by atoms with Gasteiger partial charge in [-0.05, 0) is 26.8 Å². The molecular weight excluding hydrogens is 152 g/mol. The summed E-state index contributed by atoms with van der Waals surface area (Å²) < 4.78 is 0. The molecule has 0 saturated heterocycles. The highest BCUT2D eigenvalue weighted by Gasteiger charge is 1.97. The van der Waals surface area contributed by atoms with Crippen molar-refractivity contribution in [1.82, 2.24) is 0 Å². The Morgan fingerprint density at radius 3 is 1.92 bits per heavy atom. The quantitative estimate of drug-likeness (QED) is 0.511. The molecule has 0 aliphatic heterocycles. The minimum atomic E-state index is -0.860. The summed E-state index contributed by atoms with van der Waals surface area (Å²) in [6.45, 7) is 9.32. The maximum absolute atomic E-state index is 10.3. The number of hydrogen-bond donors (Lipinski definition) is 1. The van der Waals surface area contributed by atoms with E-state index in [0.717, 1.165) is 5.57 Å². The topological polar surface area (TPSA) is 37.3 Å². The van der Waals surface area contributed by atoms with E-state index in [9.17, 15) is 4.79 Å². The van der Waals surface area contributed by atoms with Crippen molar-refractivity contribution in [3.05, 3.63) is 23.3 Å². The Hall–Kier alpha value is -1.05. The highest BCUT2D eigenvalue weighted by atomic mass is 16.4. The molecule has 0 aliphatic rings. The van der Waals surface area contributed by atoms with Crippen molar-refractivity contribution in [2.45, 2.75) is 34.6 Å². The SMILES string of the molecule is C/C=C(C)\C=C(/C)C(=O)O.CC. The lowest BCUT2D eigenvalue weighted by Gasteiger charge is -1.91. The molecule has 2 heteroatoms. The van der Waals surface area contributed by atoms with Gasteiger partial charge in [-0.1, -0.05) is 25.5 Å². The van der Waals surface area contributed by atoms with E-state index in [-0.39, 0.29) is 0 Å². The number of aliphatic carboxylic acids is 1. The second-order valence-corrected chi connectivity index (χ2v) is 2.17. The zero-order valence-corrected chi connectivity index (χ0v) is 8.51. The third kappa shape index (κ3) is 7.06. The van der Waals surface area contributed by atoms with Crippen molar-refractivity contribution < 1.29 is 9.90 Å². The lowest BCUT2D eigenvalue weighted by molar-refractivity contribution is -0.132. The average molecular weight is 170 g/mol.